The summed E-state index contributed by atoms with van der Waals surface area (Å²) in [4.78, 5) is 22.0. The van der Waals surface area contributed by atoms with Crippen LogP contribution in [0.25, 0.3) is 11.3 Å². The first-order chi connectivity index (χ1) is 9.43. The zero-order chi connectivity index (χ0) is 14.9. The number of halogens is 2. The van der Waals surface area contributed by atoms with E-state index in [1.54, 1.807) is 0 Å². The molecule has 1 heterocycles. The fourth-order valence-electron chi connectivity index (χ4n) is 1.51. The Labute approximate surface area is 110 Å². The third kappa shape index (κ3) is 2.35. The van der Waals surface area contributed by atoms with Crippen LogP contribution in [0.3, 0.4) is 0 Å². The Morgan fingerprint density at radius 2 is 2.00 bits per heavy atom. The van der Waals surface area contributed by atoms with Crippen molar-refractivity contribution >= 4 is 11.9 Å². The van der Waals surface area contributed by atoms with Crippen molar-refractivity contribution in [3.63, 3.8) is 0 Å². The number of ether oxygens (including phenoxy) is 1. The van der Waals surface area contributed by atoms with E-state index in [0.29, 0.717) is 0 Å². The quantitative estimate of drug-likeness (QED) is 0.867. The summed E-state index contributed by atoms with van der Waals surface area (Å²) in [5.74, 6) is -5.54. The molecule has 0 aliphatic heterocycles. The maximum Gasteiger partial charge on any atom is 0.374 e. The third-order valence-electron chi connectivity index (χ3n) is 2.45. The monoisotopic (exact) mass is 283 g/mol. The van der Waals surface area contributed by atoms with E-state index in [1.165, 1.54) is 0 Å². The number of rotatable bonds is 3. The largest absolute Gasteiger partial charge is 0.475 e. The number of carboxylic acids is 1. The number of carbonyl (C=O) groups is 2. The Kier molecular flexibility index (Phi) is 3.47. The summed E-state index contributed by atoms with van der Waals surface area (Å²) >= 11 is 0. The van der Waals surface area contributed by atoms with Gasteiger partial charge < -0.3 is 14.4 Å². The zero-order valence-corrected chi connectivity index (χ0v) is 10.0. The summed E-state index contributed by atoms with van der Waals surface area (Å²) in [5.41, 5.74) is -0.686. The van der Waals surface area contributed by atoms with Crippen molar-refractivity contribution in [1.29, 1.82) is 0 Å². The Morgan fingerprint density at radius 1 is 1.30 bits per heavy atom. The highest BCUT2D eigenvalue weighted by molar-refractivity contribution is 5.91. The molecule has 0 saturated carbocycles. The van der Waals surface area contributed by atoms with Crippen LogP contribution in [0, 0.1) is 11.6 Å². The molecule has 0 saturated heterocycles. The molecular formula is C12H7F2NO5. The summed E-state index contributed by atoms with van der Waals surface area (Å²) in [6, 6.07) is 2.79. The first kappa shape index (κ1) is 13.7. The highest BCUT2D eigenvalue weighted by Gasteiger charge is 2.20. The number of aromatic carboxylic acids is 1. The average Bonchev–Trinajstić information content (AvgIpc) is 2.90. The highest BCUT2D eigenvalue weighted by Crippen LogP contribution is 2.24. The summed E-state index contributed by atoms with van der Waals surface area (Å²) in [6.07, 6.45) is 0. The van der Waals surface area contributed by atoms with Crippen molar-refractivity contribution in [2.45, 2.75) is 0 Å². The Hall–Kier alpha value is -2.77. The van der Waals surface area contributed by atoms with E-state index >= 15 is 0 Å². The Bertz CT molecular complexity index is 695. The van der Waals surface area contributed by atoms with Gasteiger partial charge in [0.25, 0.3) is 0 Å². The van der Waals surface area contributed by atoms with E-state index in [1.807, 2.05) is 0 Å². The molecule has 0 bridgehead atoms. The highest BCUT2D eigenvalue weighted by atomic mass is 19.2. The van der Waals surface area contributed by atoms with Crippen LogP contribution in [0.4, 0.5) is 8.78 Å². The fraction of sp³-hybridized carbons (Fsp3) is 0.0833. The molecule has 104 valence electrons. The van der Waals surface area contributed by atoms with E-state index in [-0.39, 0.29) is 11.3 Å². The smallest absolute Gasteiger partial charge is 0.374 e. The predicted molar refractivity (Wildman–Crippen MR) is 60.2 cm³/mol. The molecule has 20 heavy (non-hydrogen) atoms. The molecule has 8 heteroatoms. The van der Waals surface area contributed by atoms with Gasteiger partial charge in [-0.2, -0.15) is 0 Å². The van der Waals surface area contributed by atoms with Crippen molar-refractivity contribution in [3.8, 4) is 11.3 Å². The summed E-state index contributed by atoms with van der Waals surface area (Å²) < 4.78 is 35.7. The number of methoxy groups -OCH3 is 1. The van der Waals surface area contributed by atoms with Gasteiger partial charge in [0.05, 0.1) is 12.7 Å². The molecule has 0 atom stereocenters. The van der Waals surface area contributed by atoms with E-state index in [4.69, 9.17) is 5.11 Å². The molecule has 6 nitrogen and oxygen atoms in total. The summed E-state index contributed by atoms with van der Waals surface area (Å²) in [5, 5.41) is 12.1. The Morgan fingerprint density at radius 3 is 2.55 bits per heavy atom. The number of hydrogen-bond donors (Lipinski definition) is 1. The zero-order valence-electron chi connectivity index (χ0n) is 10.0. The van der Waals surface area contributed by atoms with Gasteiger partial charge in [-0.3, -0.25) is 0 Å². The molecular weight excluding hydrogens is 276 g/mol. The van der Waals surface area contributed by atoms with Gasteiger partial charge in [-0.25, -0.2) is 18.4 Å². The molecule has 2 aromatic rings. The topological polar surface area (TPSA) is 89.6 Å². The SMILES string of the molecule is COC(=O)c1cc(-c2cc(C(=O)O)on2)cc(F)c1F. The minimum absolute atomic E-state index is 0.0134. The van der Waals surface area contributed by atoms with Crippen LogP contribution in [0.5, 0.6) is 0 Å². The lowest BCUT2D eigenvalue weighted by Gasteiger charge is -2.04. The lowest BCUT2D eigenvalue weighted by atomic mass is 10.1. The average molecular weight is 283 g/mol. The predicted octanol–water partition coefficient (Wildman–Crippen LogP) is 2.10. The van der Waals surface area contributed by atoms with Gasteiger partial charge in [0.1, 0.15) is 5.69 Å². The van der Waals surface area contributed by atoms with Gasteiger partial charge in [0, 0.05) is 11.6 Å². The number of aromatic nitrogens is 1. The molecule has 0 spiro atoms. The first-order valence-corrected chi connectivity index (χ1v) is 5.21. The molecule has 1 N–H and O–H groups in total. The van der Waals surface area contributed by atoms with Crippen molar-refractivity contribution in [2.24, 2.45) is 0 Å². The summed E-state index contributed by atoms with van der Waals surface area (Å²) in [7, 11) is 1.02. The van der Waals surface area contributed by atoms with Crippen LogP contribution in [-0.4, -0.2) is 29.3 Å². The van der Waals surface area contributed by atoms with Crippen molar-refractivity contribution in [1.82, 2.24) is 5.16 Å². The van der Waals surface area contributed by atoms with Gasteiger partial charge >= 0.3 is 11.9 Å². The molecule has 0 fully saturated rings. The van der Waals surface area contributed by atoms with Gasteiger partial charge in [-0.05, 0) is 12.1 Å². The normalized spacial score (nSPS) is 10.3. The summed E-state index contributed by atoms with van der Waals surface area (Å²) in [6.45, 7) is 0. The van der Waals surface area contributed by atoms with E-state index in [9.17, 15) is 18.4 Å². The van der Waals surface area contributed by atoms with Gasteiger partial charge in [0.2, 0.25) is 5.76 Å². The van der Waals surface area contributed by atoms with E-state index in [2.05, 4.69) is 14.4 Å². The molecule has 1 aromatic carbocycles. The van der Waals surface area contributed by atoms with Crippen LogP contribution in [-0.2, 0) is 4.74 Å². The minimum atomic E-state index is -1.36. The van der Waals surface area contributed by atoms with Crippen LogP contribution >= 0.6 is 0 Å². The van der Waals surface area contributed by atoms with Crippen molar-refractivity contribution in [3.05, 3.63) is 41.2 Å². The number of carbonyl (C=O) groups excluding carboxylic acids is 1. The number of nitrogens with zero attached hydrogens (tertiary/aromatic N) is 1. The van der Waals surface area contributed by atoms with Gasteiger partial charge in [-0.15, -0.1) is 0 Å². The van der Waals surface area contributed by atoms with Crippen LogP contribution in [0.15, 0.2) is 22.7 Å². The van der Waals surface area contributed by atoms with Crippen LogP contribution in [0.2, 0.25) is 0 Å². The molecule has 0 amide bonds. The maximum atomic E-state index is 13.5. The molecule has 1 aromatic heterocycles. The van der Waals surface area contributed by atoms with Gasteiger partial charge in [0.15, 0.2) is 11.6 Å². The van der Waals surface area contributed by atoms with Crippen molar-refractivity contribution in [2.75, 3.05) is 7.11 Å². The maximum absolute atomic E-state index is 13.5. The Balaban J connectivity index is 2.54. The number of hydrogen-bond acceptors (Lipinski definition) is 5. The number of esters is 1. The fourth-order valence-corrected chi connectivity index (χ4v) is 1.51. The van der Waals surface area contributed by atoms with E-state index in [0.717, 1.165) is 25.3 Å². The molecule has 0 radical (unpaired) electrons. The standard InChI is InChI=1S/C12H7F2NO5/c1-19-12(18)6-2-5(3-7(13)10(6)14)8-4-9(11(16)17)20-15-8/h2-4H,1H3,(H,16,17). The van der Waals surface area contributed by atoms with E-state index < -0.39 is 34.9 Å². The first-order valence-electron chi connectivity index (χ1n) is 5.21. The lowest BCUT2D eigenvalue weighted by Crippen LogP contribution is -2.06. The second-order valence-electron chi connectivity index (χ2n) is 3.69. The van der Waals surface area contributed by atoms with Crippen LogP contribution in [0.1, 0.15) is 20.9 Å². The third-order valence-corrected chi connectivity index (χ3v) is 2.45. The number of carboxylic acid groups (broad SMARTS) is 1. The molecule has 0 aliphatic carbocycles. The molecule has 0 aliphatic rings. The molecule has 2 rings (SSSR count). The number of benzene rings is 1. The molecule has 0 unspecified atom stereocenters. The van der Waals surface area contributed by atoms with Gasteiger partial charge in [-0.1, -0.05) is 5.16 Å². The minimum Gasteiger partial charge on any atom is -0.475 e. The lowest BCUT2D eigenvalue weighted by molar-refractivity contribution is 0.0593. The van der Waals surface area contributed by atoms with Crippen molar-refractivity contribution < 1.29 is 32.7 Å². The van der Waals surface area contributed by atoms with Crippen LogP contribution < -0.4 is 0 Å². The second-order valence-corrected chi connectivity index (χ2v) is 3.69. The second kappa shape index (κ2) is 5.08.